The fourth-order valence-corrected chi connectivity index (χ4v) is 14.4. The quantitative estimate of drug-likeness (QED) is 0.481. The second-order valence-corrected chi connectivity index (χ2v) is 14.8. The van der Waals surface area contributed by atoms with Gasteiger partial charge in [-0.25, -0.2) is 0 Å². The van der Waals surface area contributed by atoms with E-state index < -0.39 is 0 Å². The molecular formula is C19H28S4. The third-order valence-electron chi connectivity index (χ3n) is 7.71. The minimum absolute atomic E-state index is 0.413. The van der Waals surface area contributed by atoms with Crippen LogP contribution in [0, 0.1) is 35.0 Å². The van der Waals surface area contributed by atoms with Crippen LogP contribution in [-0.4, -0.2) is 31.2 Å². The van der Waals surface area contributed by atoms with Gasteiger partial charge in [0.2, 0.25) is 0 Å². The molecule has 2 spiro atoms. The van der Waals surface area contributed by atoms with Crippen LogP contribution in [-0.2, 0) is 0 Å². The standard InChI is InChI=1S/C19H28S4/c1-11-9-18(20-5-6-21-18)15-12(2)13-10-19(22-7-8-23-19)17(3,4)16(15)14(11)13/h9,12-16H,5-8,10H2,1-4H3/t12-,13-,14+,15-,16-/m0/s1. The summed E-state index contributed by atoms with van der Waals surface area (Å²) in [6.07, 6.45) is 4.20. The van der Waals surface area contributed by atoms with E-state index in [9.17, 15) is 0 Å². The molecule has 0 radical (unpaired) electrons. The molecule has 2 saturated heterocycles. The van der Waals surface area contributed by atoms with E-state index in [1.807, 2.05) is 0 Å². The Balaban J connectivity index is 1.67. The van der Waals surface area contributed by atoms with Crippen molar-refractivity contribution in [1.29, 1.82) is 0 Å². The summed E-state index contributed by atoms with van der Waals surface area (Å²) in [5.41, 5.74) is 2.21. The molecule has 4 fully saturated rings. The van der Waals surface area contributed by atoms with Gasteiger partial charge in [-0.1, -0.05) is 32.4 Å². The van der Waals surface area contributed by atoms with Gasteiger partial charge in [0.1, 0.15) is 0 Å². The largest absolute Gasteiger partial charge is 0.143 e. The van der Waals surface area contributed by atoms with Crippen LogP contribution in [0.25, 0.3) is 0 Å². The average Bonchev–Trinajstić information content (AvgIpc) is 3.17. The summed E-state index contributed by atoms with van der Waals surface area (Å²) in [4.78, 5) is 0. The molecule has 4 heteroatoms. The summed E-state index contributed by atoms with van der Waals surface area (Å²) < 4.78 is 0.921. The zero-order valence-electron chi connectivity index (χ0n) is 14.6. The van der Waals surface area contributed by atoms with E-state index in [0.29, 0.717) is 13.6 Å². The fourth-order valence-electron chi connectivity index (χ4n) is 6.86. The highest BCUT2D eigenvalue weighted by molar-refractivity contribution is 8.22. The molecule has 128 valence electrons. The first-order valence-corrected chi connectivity index (χ1v) is 13.1. The van der Waals surface area contributed by atoms with E-state index in [4.69, 9.17) is 0 Å². The molecule has 2 heterocycles. The molecule has 23 heavy (non-hydrogen) atoms. The highest BCUT2D eigenvalue weighted by atomic mass is 32.2. The summed E-state index contributed by atoms with van der Waals surface area (Å²) >= 11 is 9.22. The Morgan fingerprint density at radius 2 is 1.57 bits per heavy atom. The molecule has 0 aromatic heterocycles. The van der Waals surface area contributed by atoms with Crippen LogP contribution >= 0.6 is 47.0 Å². The monoisotopic (exact) mass is 384 g/mol. The van der Waals surface area contributed by atoms with Crippen molar-refractivity contribution in [2.45, 2.75) is 42.3 Å². The first-order chi connectivity index (χ1) is 10.9. The minimum atomic E-state index is 0.413. The van der Waals surface area contributed by atoms with Crippen LogP contribution in [0.3, 0.4) is 0 Å². The molecule has 0 nitrogen and oxygen atoms in total. The zero-order valence-corrected chi connectivity index (χ0v) is 17.9. The molecule has 0 aromatic carbocycles. The number of thioether (sulfide) groups is 4. The lowest BCUT2D eigenvalue weighted by Gasteiger charge is -2.58. The number of fused-ring (bicyclic) bond motifs is 1. The summed E-state index contributed by atoms with van der Waals surface area (Å²) in [5, 5.41) is 0. The maximum Gasteiger partial charge on any atom is 0.0828 e. The molecule has 5 atom stereocenters. The minimum Gasteiger partial charge on any atom is -0.143 e. The smallest absolute Gasteiger partial charge is 0.0828 e. The van der Waals surface area contributed by atoms with Gasteiger partial charge in [-0.05, 0) is 48.3 Å². The van der Waals surface area contributed by atoms with Gasteiger partial charge < -0.3 is 0 Å². The Bertz CT molecular complexity index is 554. The van der Waals surface area contributed by atoms with E-state index in [1.54, 1.807) is 5.57 Å². The predicted molar refractivity (Wildman–Crippen MR) is 111 cm³/mol. The lowest BCUT2D eigenvalue weighted by atomic mass is 9.58. The highest BCUT2D eigenvalue weighted by Gasteiger charge is 2.71. The molecule has 4 bridgehead atoms. The van der Waals surface area contributed by atoms with Crippen molar-refractivity contribution in [3.63, 3.8) is 0 Å². The second-order valence-electron chi connectivity index (χ2n) is 8.78. The van der Waals surface area contributed by atoms with Crippen molar-refractivity contribution in [2.24, 2.45) is 35.0 Å². The lowest BCUT2D eigenvalue weighted by Crippen LogP contribution is -2.54. The SMILES string of the molecule is CC1=CC2(SCCS2)[C@H]2[C@@H](C)[C@@H]3CC4(SCCS4)C(C)(C)[C@H]2[C@H]13. The molecule has 0 aromatic rings. The van der Waals surface area contributed by atoms with Crippen molar-refractivity contribution < 1.29 is 0 Å². The molecule has 0 unspecified atom stereocenters. The van der Waals surface area contributed by atoms with Crippen LogP contribution in [0.4, 0.5) is 0 Å². The maximum absolute atomic E-state index is 2.74. The van der Waals surface area contributed by atoms with Crippen molar-refractivity contribution in [2.75, 3.05) is 23.0 Å². The van der Waals surface area contributed by atoms with Gasteiger partial charge in [-0.2, -0.15) is 0 Å². The number of hydrogen-bond donors (Lipinski definition) is 0. The Hall–Kier alpha value is 1.14. The van der Waals surface area contributed by atoms with E-state index in [2.05, 4.69) is 80.8 Å². The van der Waals surface area contributed by atoms with E-state index in [0.717, 1.165) is 29.6 Å². The van der Waals surface area contributed by atoms with E-state index in [-0.39, 0.29) is 0 Å². The molecule has 0 amide bonds. The Kier molecular flexibility index (Phi) is 3.62. The van der Waals surface area contributed by atoms with Crippen molar-refractivity contribution in [1.82, 2.24) is 0 Å². The Morgan fingerprint density at radius 3 is 2.22 bits per heavy atom. The molecule has 2 saturated carbocycles. The van der Waals surface area contributed by atoms with Gasteiger partial charge in [0, 0.05) is 23.0 Å². The lowest BCUT2D eigenvalue weighted by molar-refractivity contribution is 0.0656. The van der Waals surface area contributed by atoms with Crippen LogP contribution in [0.2, 0.25) is 0 Å². The molecule has 2 aliphatic heterocycles. The van der Waals surface area contributed by atoms with Crippen molar-refractivity contribution in [3.8, 4) is 0 Å². The summed E-state index contributed by atoms with van der Waals surface area (Å²) in [6.45, 7) is 10.4. The Labute approximate surface area is 158 Å². The van der Waals surface area contributed by atoms with Gasteiger partial charge in [0.25, 0.3) is 0 Å². The number of allylic oxidation sites excluding steroid dienone is 1. The van der Waals surface area contributed by atoms with Gasteiger partial charge in [0.15, 0.2) is 0 Å². The first kappa shape index (κ1) is 16.3. The van der Waals surface area contributed by atoms with Gasteiger partial charge in [-0.3, -0.25) is 0 Å². The van der Waals surface area contributed by atoms with Crippen LogP contribution in [0.15, 0.2) is 11.6 Å². The number of hydrogen-bond acceptors (Lipinski definition) is 4. The fraction of sp³-hybridized carbons (Fsp3) is 0.895. The highest BCUT2D eigenvalue weighted by Crippen LogP contribution is 2.78. The van der Waals surface area contributed by atoms with Gasteiger partial charge >= 0.3 is 0 Å². The summed E-state index contributed by atoms with van der Waals surface area (Å²) in [6, 6.07) is 0. The molecule has 5 rings (SSSR count). The topological polar surface area (TPSA) is 0 Å². The Morgan fingerprint density at radius 1 is 0.957 bits per heavy atom. The van der Waals surface area contributed by atoms with Gasteiger partial charge in [0.05, 0.1) is 8.16 Å². The summed E-state index contributed by atoms with van der Waals surface area (Å²) in [7, 11) is 0. The van der Waals surface area contributed by atoms with Gasteiger partial charge in [-0.15, -0.1) is 47.0 Å². The predicted octanol–water partition coefficient (Wildman–Crippen LogP) is 5.84. The molecule has 3 aliphatic carbocycles. The zero-order chi connectivity index (χ0) is 16.0. The molecule has 0 N–H and O–H groups in total. The normalized spacial score (nSPS) is 48.2. The molecular weight excluding hydrogens is 356 g/mol. The van der Waals surface area contributed by atoms with Crippen molar-refractivity contribution in [3.05, 3.63) is 11.6 Å². The average molecular weight is 385 g/mol. The van der Waals surface area contributed by atoms with Crippen LogP contribution in [0.1, 0.15) is 34.1 Å². The van der Waals surface area contributed by atoms with E-state index >= 15 is 0 Å². The summed E-state index contributed by atoms with van der Waals surface area (Å²) in [5.74, 6) is 9.98. The van der Waals surface area contributed by atoms with Crippen LogP contribution < -0.4 is 0 Å². The second kappa shape index (κ2) is 5.10. The van der Waals surface area contributed by atoms with Crippen molar-refractivity contribution >= 4 is 47.0 Å². The third kappa shape index (κ3) is 1.88. The maximum atomic E-state index is 2.74. The third-order valence-corrected chi connectivity index (χ3v) is 15.3. The van der Waals surface area contributed by atoms with Crippen LogP contribution in [0.5, 0.6) is 0 Å². The number of rotatable bonds is 0. The first-order valence-electron chi connectivity index (χ1n) is 9.17. The van der Waals surface area contributed by atoms with E-state index in [1.165, 1.54) is 29.4 Å². The molecule has 5 aliphatic rings.